The number of nitrogens with two attached hydrogens (primary N) is 2. The van der Waals surface area contributed by atoms with Gasteiger partial charge in [-0.3, -0.25) is 0 Å². The van der Waals surface area contributed by atoms with Crippen molar-refractivity contribution in [2.45, 2.75) is 12.8 Å². The SMILES string of the molecule is C[C]C(c1cccc(N)c1Oc1ccccc1)c1cccc(N)c1Oc1ccccc1. The summed E-state index contributed by atoms with van der Waals surface area (Å²) < 4.78 is 12.4. The summed E-state index contributed by atoms with van der Waals surface area (Å²) in [4.78, 5) is 0. The minimum atomic E-state index is -0.260. The van der Waals surface area contributed by atoms with E-state index < -0.39 is 0 Å². The molecule has 4 N–H and O–H groups in total. The van der Waals surface area contributed by atoms with Crippen molar-refractivity contribution in [2.24, 2.45) is 0 Å². The normalized spacial score (nSPS) is 10.8. The van der Waals surface area contributed by atoms with E-state index in [1.807, 2.05) is 104 Å². The zero-order valence-corrected chi connectivity index (χ0v) is 17.3. The Bertz CT molecular complexity index is 1050. The van der Waals surface area contributed by atoms with Crippen LogP contribution in [0.25, 0.3) is 0 Å². The summed E-state index contributed by atoms with van der Waals surface area (Å²) in [5.41, 5.74) is 15.5. The number of ether oxygens (including phenoxy) is 2. The van der Waals surface area contributed by atoms with Crippen LogP contribution in [-0.4, -0.2) is 0 Å². The smallest absolute Gasteiger partial charge is 0.154 e. The lowest BCUT2D eigenvalue weighted by Crippen LogP contribution is -2.07. The molecule has 4 aromatic carbocycles. The molecule has 2 radical (unpaired) electrons. The van der Waals surface area contributed by atoms with E-state index in [1.165, 1.54) is 0 Å². The van der Waals surface area contributed by atoms with Crippen LogP contribution in [0, 0.1) is 6.42 Å². The van der Waals surface area contributed by atoms with Gasteiger partial charge in [0.15, 0.2) is 11.5 Å². The van der Waals surface area contributed by atoms with Crippen LogP contribution in [0.5, 0.6) is 23.0 Å². The van der Waals surface area contributed by atoms with Gasteiger partial charge in [-0.25, -0.2) is 0 Å². The molecular formula is C27H24N2O2. The average Bonchev–Trinajstić information content (AvgIpc) is 2.80. The Morgan fingerprint density at radius 2 is 1.00 bits per heavy atom. The summed E-state index contributed by atoms with van der Waals surface area (Å²) in [6.45, 7) is 1.88. The van der Waals surface area contributed by atoms with Crippen LogP contribution in [0.4, 0.5) is 11.4 Å². The van der Waals surface area contributed by atoms with Gasteiger partial charge in [0, 0.05) is 17.0 Å². The number of hydrogen-bond donors (Lipinski definition) is 2. The highest BCUT2D eigenvalue weighted by molar-refractivity contribution is 5.65. The Labute approximate surface area is 183 Å². The first-order valence-corrected chi connectivity index (χ1v) is 10.1. The van der Waals surface area contributed by atoms with Gasteiger partial charge in [-0.2, -0.15) is 0 Å². The first-order chi connectivity index (χ1) is 15.2. The molecule has 0 atom stereocenters. The van der Waals surface area contributed by atoms with Gasteiger partial charge in [0.2, 0.25) is 0 Å². The van der Waals surface area contributed by atoms with Crippen LogP contribution >= 0.6 is 0 Å². The Hall–Kier alpha value is -3.92. The van der Waals surface area contributed by atoms with Crippen molar-refractivity contribution in [1.82, 2.24) is 0 Å². The van der Waals surface area contributed by atoms with Gasteiger partial charge in [0.1, 0.15) is 11.5 Å². The lowest BCUT2D eigenvalue weighted by molar-refractivity contribution is 0.469. The maximum absolute atomic E-state index is 6.32. The number of rotatable bonds is 7. The molecule has 0 heterocycles. The molecule has 4 aromatic rings. The lowest BCUT2D eigenvalue weighted by Gasteiger charge is -2.23. The first kappa shape index (κ1) is 20.4. The molecule has 0 bridgehead atoms. The quantitative estimate of drug-likeness (QED) is 0.335. The predicted molar refractivity (Wildman–Crippen MR) is 126 cm³/mol. The molecule has 4 nitrogen and oxygen atoms in total. The maximum atomic E-state index is 6.32. The van der Waals surface area contributed by atoms with Crippen molar-refractivity contribution in [1.29, 1.82) is 0 Å². The van der Waals surface area contributed by atoms with E-state index in [0.29, 0.717) is 34.4 Å². The van der Waals surface area contributed by atoms with Gasteiger partial charge < -0.3 is 20.9 Å². The minimum absolute atomic E-state index is 0.260. The van der Waals surface area contributed by atoms with Crippen molar-refractivity contribution >= 4 is 11.4 Å². The molecule has 0 amide bonds. The number of para-hydroxylation sites is 4. The van der Waals surface area contributed by atoms with E-state index in [9.17, 15) is 0 Å². The highest BCUT2D eigenvalue weighted by Gasteiger charge is 2.24. The fraction of sp³-hybridized carbons (Fsp3) is 0.0741. The van der Waals surface area contributed by atoms with E-state index in [-0.39, 0.29) is 5.92 Å². The summed E-state index contributed by atoms with van der Waals surface area (Å²) in [6.07, 6.45) is 3.37. The zero-order valence-electron chi connectivity index (χ0n) is 17.3. The highest BCUT2D eigenvalue weighted by atomic mass is 16.5. The fourth-order valence-electron chi connectivity index (χ4n) is 3.53. The topological polar surface area (TPSA) is 70.5 Å². The third-order valence-corrected chi connectivity index (χ3v) is 4.99. The maximum Gasteiger partial charge on any atom is 0.154 e. The van der Waals surface area contributed by atoms with E-state index in [4.69, 9.17) is 20.9 Å². The molecule has 0 aromatic heterocycles. The second-order valence-corrected chi connectivity index (χ2v) is 7.08. The van der Waals surface area contributed by atoms with Crippen LogP contribution in [0.15, 0.2) is 97.1 Å². The summed E-state index contributed by atoms with van der Waals surface area (Å²) in [7, 11) is 0. The Morgan fingerprint density at radius 3 is 1.39 bits per heavy atom. The summed E-state index contributed by atoms with van der Waals surface area (Å²) >= 11 is 0. The molecule has 0 fully saturated rings. The number of hydrogen-bond acceptors (Lipinski definition) is 4. The minimum Gasteiger partial charge on any atom is -0.455 e. The fourth-order valence-corrected chi connectivity index (χ4v) is 3.53. The Morgan fingerprint density at radius 1 is 0.581 bits per heavy atom. The number of anilines is 2. The van der Waals surface area contributed by atoms with Crippen LogP contribution in [0.3, 0.4) is 0 Å². The zero-order chi connectivity index (χ0) is 21.6. The Kier molecular flexibility index (Phi) is 6.08. The lowest BCUT2D eigenvalue weighted by atomic mass is 9.87. The molecule has 4 rings (SSSR count). The van der Waals surface area contributed by atoms with Crippen molar-refractivity contribution in [2.75, 3.05) is 11.5 Å². The second kappa shape index (κ2) is 9.26. The van der Waals surface area contributed by atoms with E-state index in [1.54, 1.807) is 0 Å². The molecule has 0 unspecified atom stereocenters. The first-order valence-electron chi connectivity index (χ1n) is 10.1. The summed E-state index contributed by atoms with van der Waals surface area (Å²) in [5.74, 6) is 2.36. The molecule has 31 heavy (non-hydrogen) atoms. The van der Waals surface area contributed by atoms with Crippen LogP contribution in [0.2, 0.25) is 0 Å². The molecule has 0 aliphatic heterocycles. The standard InChI is InChI=1S/C27H24N2O2/c1-2-21(22-15-9-17-24(28)26(22)30-19-11-5-3-6-12-19)23-16-10-18-25(29)27(23)31-20-13-7-4-8-14-20/h3-18,21H,28-29H2,1H3. The van der Waals surface area contributed by atoms with Crippen molar-refractivity contribution in [3.63, 3.8) is 0 Å². The van der Waals surface area contributed by atoms with Crippen LogP contribution < -0.4 is 20.9 Å². The van der Waals surface area contributed by atoms with E-state index in [0.717, 1.165) is 11.1 Å². The van der Waals surface area contributed by atoms with Crippen LogP contribution in [0.1, 0.15) is 24.0 Å². The summed E-state index contributed by atoms with van der Waals surface area (Å²) in [5, 5.41) is 0. The van der Waals surface area contributed by atoms with Crippen molar-refractivity contribution in [3.8, 4) is 23.0 Å². The molecule has 0 saturated heterocycles. The summed E-state index contributed by atoms with van der Waals surface area (Å²) in [6, 6.07) is 30.6. The van der Waals surface area contributed by atoms with Gasteiger partial charge in [-0.15, -0.1) is 0 Å². The molecule has 4 heteroatoms. The number of benzene rings is 4. The highest BCUT2D eigenvalue weighted by Crippen LogP contribution is 2.44. The van der Waals surface area contributed by atoms with E-state index >= 15 is 0 Å². The van der Waals surface area contributed by atoms with Gasteiger partial charge in [0.05, 0.1) is 11.4 Å². The predicted octanol–water partition coefficient (Wildman–Crippen LogP) is 6.67. The molecule has 0 aliphatic carbocycles. The largest absolute Gasteiger partial charge is 0.455 e. The molecule has 154 valence electrons. The second-order valence-electron chi connectivity index (χ2n) is 7.08. The number of nitrogen functional groups attached to an aromatic ring is 2. The average molecular weight is 409 g/mol. The molecule has 0 aliphatic rings. The van der Waals surface area contributed by atoms with Gasteiger partial charge in [0.25, 0.3) is 0 Å². The van der Waals surface area contributed by atoms with Crippen LogP contribution in [-0.2, 0) is 0 Å². The van der Waals surface area contributed by atoms with Gasteiger partial charge >= 0.3 is 0 Å². The van der Waals surface area contributed by atoms with Crippen molar-refractivity contribution < 1.29 is 9.47 Å². The Balaban J connectivity index is 1.79. The molecule has 0 spiro atoms. The monoisotopic (exact) mass is 408 g/mol. The third-order valence-electron chi connectivity index (χ3n) is 4.99. The van der Waals surface area contributed by atoms with Gasteiger partial charge in [-0.05, 0) is 42.8 Å². The van der Waals surface area contributed by atoms with Crippen molar-refractivity contribution in [3.05, 3.63) is 115 Å². The molecule has 0 saturated carbocycles. The molecular weight excluding hydrogens is 384 g/mol. The van der Waals surface area contributed by atoms with E-state index in [2.05, 4.69) is 6.42 Å². The van der Waals surface area contributed by atoms with Gasteiger partial charge in [-0.1, -0.05) is 67.6 Å². The third kappa shape index (κ3) is 4.48.